The van der Waals surface area contributed by atoms with Crippen LogP contribution in [0.3, 0.4) is 0 Å². The summed E-state index contributed by atoms with van der Waals surface area (Å²) < 4.78 is 5.46. The van der Waals surface area contributed by atoms with Crippen molar-refractivity contribution in [2.45, 2.75) is 33.2 Å². The van der Waals surface area contributed by atoms with Gasteiger partial charge in [0.1, 0.15) is 11.6 Å². The van der Waals surface area contributed by atoms with E-state index in [1.165, 1.54) is 0 Å². The molecule has 2 aromatic rings. The molecule has 1 amide bonds. The first-order valence-electron chi connectivity index (χ1n) is 9.14. The van der Waals surface area contributed by atoms with E-state index in [0.717, 1.165) is 18.0 Å². The molecule has 27 heavy (non-hydrogen) atoms. The van der Waals surface area contributed by atoms with Crippen LogP contribution in [0.25, 0.3) is 0 Å². The highest BCUT2D eigenvalue weighted by molar-refractivity contribution is 5.79. The van der Waals surface area contributed by atoms with Crippen molar-refractivity contribution in [3.8, 4) is 5.75 Å². The van der Waals surface area contributed by atoms with Gasteiger partial charge in [-0.2, -0.15) is 0 Å². The van der Waals surface area contributed by atoms with Crippen LogP contribution >= 0.6 is 0 Å². The normalized spacial score (nSPS) is 17.1. The van der Waals surface area contributed by atoms with Crippen LogP contribution < -0.4 is 15.2 Å². The molecule has 1 aromatic heterocycles. The number of ether oxygens (including phenoxy) is 1. The van der Waals surface area contributed by atoms with E-state index in [9.17, 15) is 9.59 Å². The van der Waals surface area contributed by atoms with Crippen molar-refractivity contribution in [2.24, 2.45) is 0 Å². The predicted molar refractivity (Wildman–Crippen MR) is 104 cm³/mol. The molecule has 0 aliphatic carbocycles. The molecule has 1 saturated heterocycles. The SMILES string of the molecule is COc1ccccc1N1CCN(C(=O)Cc2c(C)nc(C)[nH]c2=O)[C@H](C)C1. The summed E-state index contributed by atoms with van der Waals surface area (Å²) in [7, 11) is 1.66. The maximum absolute atomic E-state index is 12.8. The molecule has 144 valence electrons. The van der Waals surface area contributed by atoms with Crippen molar-refractivity contribution < 1.29 is 9.53 Å². The number of nitrogens with zero attached hydrogens (tertiary/aromatic N) is 3. The largest absolute Gasteiger partial charge is 0.495 e. The molecule has 7 heteroatoms. The van der Waals surface area contributed by atoms with Crippen LogP contribution in [-0.2, 0) is 11.2 Å². The van der Waals surface area contributed by atoms with Gasteiger partial charge in [0.2, 0.25) is 5.91 Å². The number of hydrogen-bond donors (Lipinski definition) is 1. The summed E-state index contributed by atoms with van der Waals surface area (Å²) in [6.07, 6.45) is 0.0768. The van der Waals surface area contributed by atoms with Crippen LogP contribution in [0.2, 0.25) is 0 Å². The van der Waals surface area contributed by atoms with Gasteiger partial charge in [-0.05, 0) is 32.9 Å². The summed E-state index contributed by atoms with van der Waals surface area (Å²) in [5, 5.41) is 0. The van der Waals surface area contributed by atoms with Gasteiger partial charge in [0.05, 0.1) is 19.2 Å². The van der Waals surface area contributed by atoms with Gasteiger partial charge in [-0.15, -0.1) is 0 Å². The molecule has 1 N–H and O–H groups in total. The van der Waals surface area contributed by atoms with Crippen LogP contribution in [0, 0.1) is 13.8 Å². The third kappa shape index (κ3) is 3.97. The topological polar surface area (TPSA) is 78.5 Å². The van der Waals surface area contributed by atoms with Crippen molar-refractivity contribution in [3.05, 3.63) is 51.7 Å². The van der Waals surface area contributed by atoms with E-state index in [1.807, 2.05) is 36.1 Å². The minimum absolute atomic E-state index is 0.0361. The Morgan fingerprint density at radius 1 is 1.30 bits per heavy atom. The average molecular weight is 370 g/mol. The molecule has 0 saturated carbocycles. The molecule has 1 aromatic carbocycles. The zero-order chi connectivity index (χ0) is 19.6. The van der Waals surface area contributed by atoms with Gasteiger partial charge in [0, 0.05) is 36.9 Å². The second-order valence-electron chi connectivity index (χ2n) is 6.95. The Balaban J connectivity index is 1.71. The van der Waals surface area contributed by atoms with Crippen molar-refractivity contribution in [3.63, 3.8) is 0 Å². The Bertz CT molecular complexity index is 893. The van der Waals surface area contributed by atoms with E-state index in [1.54, 1.807) is 21.0 Å². The first-order valence-corrected chi connectivity index (χ1v) is 9.14. The van der Waals surface area contributed by atoms with E-state index in [0.29, 0.717) is 30.2 Å². The third-order valence-corrected chi connectivity index (χ3v) is 5.04. The number of anilines is 1. The van der Waals surface area contributed by atoms with Gasteiger partial charge in [-0.1, -0.05) is 12.1 Å². The number of carbonyl (C=O) groups excluding carboxylic acids is 1. The Morgan fingerprint density at radius 3 is 2.70 bits per heavy atom. The minimum atomic E-state index is -0.228. The van der Waals surface area contributed by atoms with Gasteiger partial charge >= 0.3 is 0 Å². The predicted octanol–water partition coefficient (Wildman–Crippen LogP) is 1.68. The quantitative estimate of drug-likeness (QED) is 0.886. The van der Waals surface area contributed by atoms with Crippen LogP contribution in [0.1, 0.15) is 24.0 Å². The maximum Gasteiger partial charge on any atom is 0.254 e. The highest BCUT2D eigenvalue weighted by Crippen LogP contribution is 2.29. The zero-order valence-electron chi connectivity index (χ0n) is 16.3. The van der Waals surface area contributed by atoms with Gasteiger partial charge in [-0.25, -0.2) is 4.98 Å². The third-order valence-electron chi connectivity index (χ3n) is 5.04. The first-order chi connectivity index (χ1) is 12.9. The lowest BCUT2D eigenvalue weighted by Crippen LogP contribution is -2.54. The van der Waals surface area contributed by atoms with Crippen LogP contribution in [0.4, 0.5) is 5.69 Å². The van der Waals surface area contributed by atoms with Crippen molar-refractivity contribution in [1.82, 2.24) is 14.9 Å². The summed E-state index contributed by atoms with van der Waals surface area (Å²) in [6.45, 7) is 7.58. The summed E-state index contributed by atoms with van der Waals surface area (Å²) in [5.74, 6) is 1.35. The number of aromatic amines is 1. The standard InChI is InChI=1S/C20H26N4O3/c1-13-12-23(17-7-5-6-8-18(17)27-4)9-10-24(13)19(25)11-16-14(2)21-15(3)22-20(16)26/h5-8,13H,9-12H2,1-4H3,(H,21,22,26)/t13-/m1/s1. The zero-order valence-corrected chi connectivity index (χ0v) is 16.3. The van der Waals surface area contributed by atoms with Crippen LogP contribution in [0.15, 0.2) is 29.1 Å². The van der Waals surface area contributed by atoms with Gasteiger partial charge < -0.3 is 19.5 Å². The molecule has 0 radical (unpaired) electrons. The molecule has 0 unspecified atom stereocenters. The molecule has 0 bridgehead atoms. The number of methoxy groups -OCH3 is 1. The molecule has 2 heterocycles. The van der Waals surface area contributed by atoms with Gasteiger partial charge in [-0.3, -0.25) is 9.59 Å². The summed E-state index contributed by atoms with van der Waals surface area (Å²) in [4.78, 5) is 36.1. The van der Waals surface area contributed by atoms with Crippen molar-refractivity contribution >= 4 is 11.6 Å². The van der Waals surface area contributed by atoms with Crippen LogP contribution in [-0.4, -0.2) is 53.6 Å². The maximum atomic E-state index is 12.8. The number of H-pyrrole nitrogens is 1. The van der Waals surface area contributed by atoms with Crippen molar-refractivity contribution in [1.29, 1.82) is 0 Å². The number of hydrogen-bond acceptors (Lipinski definition) is 5. The molecular formula is C20H26N4O3. The molecule has 1 aliphatic rings. The first kappa shape index (κ1) is 18.9. The summed E-state index contributed by atoms with van der Waals surface area (Å²) in [6, 6.07) is 7.94. The minimum Gasteiger partial charge on any atom is -0.495 e. The summed E-state index contributed by atoms with van der Waals surface area (Å²) in [5.41, 5.74) is 1.87. The van der Waals surface area contributed by atoms with E-state index in [-0.39, 0.29) is 23.9 Å². The number of aromatic nitrogens is 2. The molecule has 1 fully saturated rings. The molecule has 3 rings (SSSR count). The fourth-order valence-electron chi connectivity index (χ4n) is 3.65. The number of piperazine rings is 1. The molecule has 1 aliphatic heterocycles. The Morgan fingerprint density at radius 2 is 2.04 bits per heavy atom. The molecule has 7 nitrogen and oxygen atoms in total. The highest BCUT2D eigenvalue weighted by Gasteiger charge is 2.29. The lowest BCUT2D eigenvalue weighted by Gasteiger charge is -2.41. The number of benzene rings is 1. The fraction of sp³-hybridized carbons (Fsp3) is 0.450. The molecule has 1 atom stereocenters. The lowest BCUT2D eigenvalue weighted by molar-refractivity contribution is -0.132. The second kappa shape index (κ2) is 7.82. The Kier molecular flexibility index (Phi) is 5.48. The number of amides is 1. The Labute approximate surface area is 159 Å². The number of carbonyl (C=O) groups is 1. The van der Waals surface area contributed by atoms with Gasteiger partial charge in [0.25, 0.3) is 5.56 Å². The smallest absolute Gasteiger partial charge is 0.254 e. The number of rotatable bonds is 4. The highest BCUT2D eigenvalue weighted by atomic mass is 16.5. The van der Waals surface area contributed by atoms with E-state index in [2.05, 4.69) is 14.9 Å². The number of nitrogens with one attached hydrogen (secondary N) is 1. The fourth-order valence-corrected chi connectivity index (χ4v) is 3.65. The molecule has 0 spiro atoms. The van der Waals surface area contributed by atoms with E-state index >= 15 is 0 Å². The average Bonchev–Trinajstić information content (AvgIpc) is 2.64. The number of aryl methyl sites for hydroxylation is 2. The summed E-state index contributed by atoms with van der Waals surface area (Å²) >= 11 is 0. The van der Waals surface area contributed by atoms with Crippen LogP contribution in [0.5, 0.6) is 5.75 Å². The van der Waals surface area contributed by atoms with Crippen molar-refractivity contribution in [2.75, 3.05) is 31.6 Å². The lowest BCUT2D eigenvalue weighted by atomic mass is 10.1. The Hall–Kier alpha value is -2.83. The van der Waals surface area contributed by atoms with E-state index in [4.69, 9.17) is 4.74 Å². The van der Waals surface area contributed by atoms with Gasteiger partial charge in [0.15, 0.2) is 0 Å². The van der Waals surface area contributed by atoms with E-state index < -0.39 is 0 Å². The second-order valence-corrected chi connectivity index (χ2v) is 6.95. The number of para-hydroxylation sites is 2. The monoisotopic (exact) mass is 370 g/mol. The molecular weight excluding hydrogens is 344 g/mol.